The summed E-state index contributed by atoms with van der Waals surface area (Å²) in [7, 11) is 2.95. The molecule has 0 aromatic carbocycles. The van der Waals surface area contributed by atoms with E-state index in [1.807, 2.05) is 6.92 Å². The van der Waals surface area contributed by atoms with E-state index in [0.29, 0.717) is 18.1 Å². The molecule has 7 nitrogen and oxygen atoms in total. The van der Waals surface area contributed by atoms with E-state index in [-0.39, 0.29) is 18.1 Å². The molecular formula is C12H18N4O3. The minimum Gasteiger partial charge on any atom is -0.464 e. The van der Waals surface area contributed by atoms with Crippen molar-refractivity contribution in [3.05, 3.63) is 17.8 Å². The van der Waals surface area contributed by atoms with Crippen LogP contribution >= 0.6 is 0 Å². The minimum atomic E-state index is -0.548. The van der Waals surface area contributed by atoms with Crippen molar-refractivity contribution in [2.45, 2.75) is 6.92 Å². The van der Waals surface area contributed by atoms with E-state index in [2.05, 4.69) is 15.0 Å². The molecule has 0 aliphatic heterocycles. The number of pyridine rings is 1. The quantitative estimate of drug-likeness (QED) is 0.729. The van der Waals surface area contributed by atoms with Gasteiger partial charge in [-0.3, -0.25) is 4.79 Å². The molecule has 0 aliphatic rings. The molecule has 7 heteroatoms. The Bertz CT molecular complexity index is 476. The molecule has 104 valence electrons. The highest BCUT2D eigenvalue weighted by Gasteiger charge is 2.15. The van der Waals surface area contributed by atoms with Gasteiger partial charge in [0, 0.05) is 13.6 Å². The van der Waals surface area contributed by atoms with Crippen LogP contribution in [0.1, 0.15) is 17.4 Å². The number of likely N-dealkylation sites (N-methyl/N-ethyl adjacent to an activating group) is 2. The average Bonchev–Trinajstić information content (AvgIpc) is 2.38. The second kappa shape index (κ2) is 6.58. The van der Waals surface area contributed by atoms with Crippen LogP contribution < -0.4 is 16.0 Å². The SMILES string of the molecule is CCNC(=O)CN(C)c1nc(C(=O)OC)ccc1N. The Morgan fingerprint density at radius 1 is 1.47 bits per heavy atom. The molecular weight excluding hydrogens is 248 g/mol. The number of carbonyl (C=O) groups is 2. The van der Waals surface area contributed by atoms with Gasteiger partial charge in [-0.05, 0) is 19.1 Å². The molecule has 19 heavy (non-hydrogen) atoms. The second-order valence-electron chi connectivity index (χ2n) is 3.91. The monoisotopic (exact) mass is 266 g/mol. The normalized spacial score (nSPS) is 9.84. The van der Waals surface area contributed by atoms with Gasteiger partial charge in [0.05, 0.1) is 19.3 Å². The van der Waals surface area contributed by atoms with Gasteiger partial charge in [-0.2, -0.15) is 0 Å². The Balaban J connectivity index is 2.92. The number of nitrogens with zero attached hydrogens (tertiary/aromatic N) is 2. The molecule has 1 rings (SSSR count). The molecule has 1 amide bonds. The maximum Gasteiger partial charge on any atom is 0.356 e. The zero-order chi connectivity index (χ0) is 14.4. The van der Waals surface area contributed by atoms with Crippen LogP contribution in [0, 0.1) is 0 Å². The summed E-state index contributed by atoms with van der Waals surface area (Å²) in [5, 5.41) is 2.67. The molecule has 1 aromatic heterocycles. The van der Waals surface area contributed by atoms with E-state index in [0.717, 1.165) is 0 Å². The van der Waals surface area contributed by atoms with E-state index in [4.69, 9.17) is 5.73 Å². The topological polar surface area (TPSA) is 97.5 Å². The number of carbonyl (C=O) groups excluding carboxylic acids is 2. The molecule has 0 unspecified atom stereocenters. The van der Waals surface area contributed by atoms with Gasteiger partial charge >= 0.3 is 5.97 Å². The van der Waals surface area contributed by atoms with Gasteiger partial charge in [0.2, 0.25) is 5.91 Å². The second-order valence-corrected chi connectivity index (χ2v) is 3.91. The van der Waals surface area contributed by atoms with E-state index in [1.54, 1.807) is 18.0 Å². The van der Waals surface area contributed by atoms with Crippen LogP contribution in [0.4, 0.5) is 11.5 Å². The third kappa shape index (κ3) is 3.84. The van der Waals surface area contributed by atoms with Crippen molar-refractivity contribution in [3.63, 3.8) is 0 Å². The summed E-state index contributed by atoms with van der Waals surface area (Å²) in [6.07, 6.45) is 0. The number of aromatic nitrogens is 1. The van der Waals surface area contributed by atoms with Crippen molar-refractivity contribution >= 4 is 23.4 Å². The molecule has 0 bridgehead atoms. The highest BCUT2D eigenvalue weighted by atomic mass is 16.5. The molecule has 0 aliphatic carbocycles. The summed E-state index contributed by atoms with van der Waals surface area (Å²) in [6.45, 7) is 2.50. The third-order valence-corrected chi connectivity index (χ3v) is 2.42. The molecule has 0 saturated heterocycles. The maximum absolute atomic E-state index is 11.5. The summed E-state index contributed by atoms with van der Waals surface area (Å²) >= 11 is 0. The van der Waals surface area contributed by atoms with Crippen LogP contribution in [0.5, 0.6) is 0 Å². The number of esters is 1. The lowest BCUT2D eigenvalue weighted by Gasteiger charge is -2.19. The first-order valence-corrected chi connectivity index (χ1v) is 5.82. The van der Waals surface area contributed by atoms with Crippen LogP contribution in [0.2, 0.25) is 0 Å². The molecule has 0 atom stereocenters. The number of nitrogens with two attached hydrogens (primary N) is 1. The van der Waals surface area contributed by atoms with Crippen LogP contribution in [0.25, 0.3) is 0 Å². The smallest absolute Gasteiger partial charge is 0.356 e. The number of rotatable bonds is 5. The predicted octanol–water partition coefficient (Wildman–Crippen LogP) is 0.0227. The fourth-order valence-electron chi connectivity index (χ4n) is 1.53. The van der Waals surface area contributed by atoms with E-state index < -0.39 is 5.97 Å². The van der Waals surface area contributed by atoms with Crippen molar-refractivity contribution in [2.75, 3.05) is 37.9 Å². The number of amides is 1. The molecule has 3 N–H and O–H groups in total. The Kier molecular flexibility index (Phi) is 5.11. The van der Waals surface area contributed by atoms with Crippen LogP contribution in [-0.2, 0) is 9.53 Å². The summed E-state index contributed by atoms with van der Waals surface area (Å²) in [6, 6.07) is 3.04. The lowest BCUT2D eigenvalue weighted by Crippen LogP contribution is -2.35. The van der Waals surface area contributed by atoms with Crippen LogP contribution in [-0.4, -0.2) is 44.1 Å². The predicted molar refractivity (Wildman–Crippen MR) is 71.9 cm³/mol. The first-order chi connectivity index (χ1) is 8.99. The van der Waals surface area contributed by atoms with Gasteiger partial charge in [0.25, 0.3) is 0 Å². The summed E-state index contributed by atoms with van der Waals surface area (Å²) in [4.78, 5) is 28.6. The molecule has 1 aromatic rings. The van der Waals surface area contributed by atoms with Crippen molar-refractivity contribution in [2.24, 2.45) is 0 Å². The van der Waals surface area contributed by atoms with Crippen molar-refractivity contribution in [3.8, 4) is 0 Å². The number of nitrogens with one attached hydrogen (secondary N) is 1. The van der Waals surface area contributed by atoms with E-state index in [9.17, 15) is 9.59 Å². The number of hydrogen-bond acceptors (Lipinski definition) is 6. The standard InChI is InChI=1S/C12H18N4O3/c1-4-14-10(17)7-16(2)11-8(13)5-6-9(15-11)12(18)19-3/h5-6H,4,7,13H2,1-3H3,(H,14,17). The van der Waals surface area contributed by atoms with Gasteiger partial charge in [0.1, 0.15) is 0 Å². The summed E-state index contributed by atoms with van der Waals surface area (Å²) in [5.74, 6) is -0.323. The lowest BCUT2D eigenvalue weighted by molar-refractivity contribution is -0.119. The lowest BCUT2D eigenvalue weighted by atomic mass is 10.3. The van der Waals surface area contributed by atoms with Crippen LogP contribution in [0.15, 0.2) is 12.1 Å². The van der Waals surface area contributed by atoms with Gasteiger partial charge in [-0.1, -0.05) is 0 Å². The number of nitrogen functional groups attached to an aromatic ring is 1. The largest absolute Gasteiger partial charge is 0.464 e. The zero-order valence-electron chi connectivity index (χ0n) is 11.3. The maximum atomic E-state index is 11.5. The summed E-state index contributed by atoms with van der Waals surface area (Å²) in [5.41, 5.74) is 6.33. The van der Waals surface area contributed by atoms with Crippen molar-refractivity contribution in [1.82, 2.24) is 10.3 Å². The highest BCUT2D eigenvalue weighted by Crippen LogP contribution is 2.19. The van der Waals surface area contributed by atoms with Gasteiger partial charge in [-0.15, -0.1) is 0 Å². The molecule has 0 radical (unpaired) electrons. The number of ether oxygens (including phenoxy) is 1. The Morgan fingerprint density at radius 3 is 2.74 bits per heavy atom. The van der Waals surface area contributed by atoms with Crippen LogP contribution in [0.3, 0.4) is 0 Å². The number of hydrogen-bond donors (Lipinski definition) is 2. The van der Waals surface area contributed by atoms with E-state index in [1.165, 1.54) is 13.2 Å². The Hall–Kier alpha value is -2.31. The first kappa shape index (κ1) is 14.7. The fraction of sp³-hybridized carbons (Fsp3) is 0.417. The average molecular weight is 266 g/mol. The van der Waals surface area contributed by atoms with Gasteiger partial charge < -0.3 is 20.7 Å². The third-order valence-electron chi connectivity index (χ3n) is 2.42. The molecule has 0 fully saturated rings. The molecule has 0 spiro atoms. The zero-order valence-corrected chi connectivity index (χ0v) is 11.3. The fourth-order valence-corrected chi connectivity index (χ4v) is 1.53. The molecule has 0 saturated carbocycles. The van der Waals surface area contributed by atoms with Gasteiger partial charge in [0.15, 0.2) is 11.5 Å². The van der Waals surface area contributed by atoms with Crippen molar-refractivity contribution < 1.29 is 14.3 Å². The number of anilines is 2. The Morgan fingerprint density at radius 2 is 2.16 bits per heavy atom. The highest BCUT2D eigenvalue weighted by molar-refractivity contribution is 5.89. The summed E-state index contributed by atoms with van der Waals surface area (Å²) < 4.78 is 4.59. The Labute approximate surface area is 111 Å². The molecule has 1 heterocycles. The van der Waals surface area contributed by atoms with E-state index >= 15 is 0 Å². The van der Waals surface area contributed by atoms with Crippen molar-refractivity contribution in [1.29, 1.82) is 0 Å². The van der Waals surface area contributed by atoms with Gasteiger partial charge in [-0.25, -0.2) is 9.78 Å². The first-order valence-electron chi connectivity index (χ1n) is 5.82. The number of methoxy groups -OCH3 is 1. The minimum absolute atomic E-state index is 0.107.